The Kier molecular flexibility index (Phi) is 5.25. The second-order valence-electron chi connectivity index (χ2n) is 4.47. The highest BCUT2D eigenvalue weighted by molar-refractivity contribution is 5.85. The van der Waals surface area contributed by atoms with Gasteiger partial charge in [0.15, 0.2) is 0 Å². The summed E-state index contributed by atoms with van der Waals surface area (Å²) in [5.41, 5.74) is 3.70. The van der Waals surface area contributed by atoms with Gasteiger partial charge in [0.25, 0.3) is 5.72 Å². The molecular formula is C11H18N2O6. The lowest BCUT2D eigenvalue weighted by molar-refractivity contribution is -0.173. The smallest absolute Gasteiger partial charge is 0.364 e. The Morgan fingerprint density at radius 2 is 2.11 bits per heavy atom. The summed E-state index contributed by atoms with van der Waals surface area (Å²) in [6.45, 7) is 0.311. The van der Waals surface area contributed by atoms with Crippen molar-refractivity contribution in [3.63, 3.8) is 0 Å². The highest BCUT2D eigenvalue weighted by atomic mass is 16.6. The van der Waals surface area contributed by atoms with Crippen molar-refractivity contribution in [2.75, 3.05) is 6.54 Å². The van der Waals surface area contributed by atoms with Gasteiger partial charge >= 0.3 is 17.9 Å². The van der Waals surface area contributed by atoms with E-state index < -0.39 is 29.7 Å². The normalized spacial score (nSPS) is 23.9. The first-order chi connectivity index (χ1) is 8.87. The summed E-state index contributed by atoms with van der Waals surface area (Å²) in [5, 5.41) is 20.3. The molecule has 0 bridgehead atoms. The number of esters is 1. The minimum Gasteiger partial charge on any atom is -0.480 e. The van der Waals surface area contributed by atoms with E-state index in [1.807, 2.05) is 0 Å². The number of carbonyl (C=O) groups excluding carboxylic acids is 1. The fourth-order valence-electron chi connectivity index (χ4n) is 1.83. The lowest BCUT2D eigenvalue weighted by Gasteiger charge is -2.23. The van der Waals surface area contributed by atoms with Crippen molar-refractivity contribution in [1.29, 1.82) is 0 Å². The number of cyclic esters (lactones) is 1. The number of carboxylic acid groups (broad SMARTS) is 2. The lowest BCUT2D eigenvalue weighted by atomic mass is 10.1. The molecule has 108 valence electrons. The summed E-state index contributed by atoms with van der Waals surface area (Å²) >= 11 is 0. The molecule has 0 saturated carbocycles. The summed E-state index contributed by atoms with van der Waals surface area (Å²) in [7, 11) is 0. The van der Waals surface area contributed by atoms with Gasteiger partial charge in [-0.2, -0.15) is 0 Å². The molecule has 8 nitrogen and oxygen atoms in total. The Balaban J connectivity index is 2.29. The predicted octanol–water partition coefficient (Wildman–Crippen LogP) is -0.724. The maximum absolute atomic E-state index is 11.1. The second kappa shape index (κ2) is 6.48. The molecule has 5 N–H and O–H groups in total. The standard InChI is InChI=1S/C11H18N2O6/c12-7(9(15)16)3-1-2-6-13-11(10(17)18)5-4-8(14)19-11/h7,13H,1-6,12H2,(H,15,16)(H,17,18)/t7-,11+/m0/s1. The Hall–Kier alpha value is -1.67. The highest BCUT2D eigenvalue weighted by Crippen LogP contribution is 2.24. The number of nitrogens with two attached hydrogens (primary N) is 1. The molecule has 1 aliphatic heterocycles. The van der Waals surface area contributed by atoms with Gasteiger partial charge in [-0.05, 0) is 19.4 Å². The number of hydrogen-bond acceptors (Lipinski definition) is 6. The molecule has 1 saturated heterocycles. The third-order valence-electron chi connectivity index (χ3n) is 2.98. The maximum atomic E-state index is 11.1. The van der Waals surface area contributed by atoms with E-state index in [0.717, 1.165) is 0 Å². The SMILES string of the molecule is N[C@@H](CCCCN[C@]1(C(=O)O)CCC(=O)O1)C(=O)O. The number of ether oxygens (including phenoxy) is 1. The van der Waals surface area contributed by atoms with Crippen LogP contribution in [0.2, 0.25) is 0 Å². The van der Waals surface area contributed by atoms with E-state index in [0.29, 0.717) is 25.8 Å². The zero-order valence-electron chi connectivity index (χ0n) is 10.4. The van der Waals surface area contributed by atoms with Crippen LogP contribution >= 0.6 is 0 Å². The van der Waals surface area contributed by atoms with Crippen LogP contribution in [0.25, 0.3) is 0 Å². The number of carboxylic acids is 2. The molecule has 1 aliphatic rings. The third kappa shape index (κ3) is 4.18. The molecule has 0 aliphatic carbocycles. The van der Waals surface area contributed by atoms with Crippen LogP contribution in [0.5, 0.6) is 0 Å². The van der Waals surface area contributed by atoms with Gasteiger partial charge < -0.3 is 20.7 Å². The van der Waals surface area contributed by atoms with Crippen LogP contribution in [0.4, 0.5) is 0 Å². The number of aliphatic carboxylic acids is 2. The average Bonchev–Trinajstić information content (AvgIpc) is 2.71. The number of carbonyl (C=O) groups is 3. The minimum absolute atomic E-state index is 0.0726. The predicted molar refractivity (Wildman–Crippen MR) is 63.2 cm³/mol. The van der Waals surface area contributed by atoms with E-state index in [-0.39, 0.29) is 12.8 Å². The fraction of sp³-hybridized carbons (Fsp3) is 0.727. The van der Waals surface area contributed by atoms with Crippen molar-refractivity contribution in [2.45, 2.75) is 43.9 Å². The number of unbranched alkanes of at least 4 members (excludes halogenated alkanes) is 1. The maximum Gasteiger partial charge on any atom is 0.364 e. The number of hydrogen-bond donors (Lipinski definition) is 4. The molecule has 8 heteroatoms. The first-order valence-electron chi connectivity index (χ1n) is 6.06. The van der Waals surface area contributed by atoms with Gasteiger partial charge in [-0.25, -0.2) is 4.79 Å². The minimum atomic E-state index is -1.63. The van der Waals surface area contributed by atoms with Crippen LogP contribution in [-0.4, -0.2) is 46.4 Å². The largest absolute Gasteiger partial charge is 0.480 e. The van der Waals surface area contributed by atoms with Crippen LogP contribution in [0.3, 0.4) is 0 Å². The van der Waals surface area contributed by atoms with Crippen LogP contribution in [0, 0.1) is 0 Å². The summed E-state index contributed by atoms with van der Waals surface area (Å²) in [6, 6.07) is -0.905. The summed E-state index contributed by atoms with van der Waals surface area (Å²) in [5.74, 6) is -2.82. The van der Waals surface area contributed by atoms with Crippen LogP contribution < -0.4 is 11.1 Å². The van der Waals surface area contributed by atoms with Gasteiger partial charge in [0.1, 0.15) is 6.04 Å². The van der Waals surface area contributed by atoms with Crippen molar-refractivity contribution >= 4 is 17.9 Å². The summed E-state index contributed by atoms with van der Waals surface area (Å²) in [4.78, 5) is 32.6. The molecular weight excluding hydrogens is 256 g/mol. The van der Waals surface area contributed by atoms with Crippen molar-refractivity contribution in [3.8, 4) is 0 Å². The third-order valence-corrected chi connectivity index (χ3v) is 2.98. The van der Waals surface area contributed by atoms with Crippen LogP contribution in [-0.2, 0) is 19.1 Å². The molecule has 0 aromatic carbocycles. The molecule has 2 atom stereocenters. The molecule has 0 radical (unpaired) electrons. The van der Waals surface area contributed by atoms with Gasteiger partial charge in [-0.15, -0.1) is 0 Å². The van der Waals surface area contributed by atoms with Crippen molar-refractivity contribution in [2.24, 2.45) is 5.73 Å². The molecule has 1 fully saturated rings. The number of nitrogens with one attached hydrogen (secondary N) is 1. The Labute approximate surface area is 109 Å². The monoisotopic (exact) mass is 274 g/mol. The first kappa shape index (κ1) is 15.4. The Bertz CT molecular complexity index is 372. The molecule has 0 aromatic rings. The van der Waals surface area contributed by atoms with Gasteiger partial charge in [-0.3, -0.25) is 14.9 Å². The number of rotatable bonds is 8. The Morgan fingerprint density at radius 1 is 1.42 bits per heavy atom. The molecule has 0 unspecified atom stereocenters. The summed E-state index contributed by atoms with van der Waals surface area (Å²) in [6.07, 6.45) is 1.58. The van der Waals surface area contributed by atoms with E-state index in [9.17, 15) is 14.4 Å². The quantitative estimate of drug-likeness (QED) is 0.336. The molecule has 0 aromatic heterocycles. The molecule has 1 rings (SSSR count). The fourth-order valence-corrected chi connectivity index (χ4v) is 1.83. The van der Waals surface area contributed by atoms with Gasteiger partial charge in [0, 0.05) is 6.42 Å². The van der Waals surface area contributed by atoms with Gasteiger partial charge in [0.05, 0.1) is 6.42 Å². The van der Waals surface area contributed by atoms with Gasteiger partial charge in [0.2, 0.25) is 0 Å². The molecule has 19 heavy (non-hydrogen) atoms. The van der Waals surface area contributed by atoms with Crippen molar-refractivity contribution in [1.82, 2.24) is 5.32 Å². The van der Waals surface area contributed by atoms with E-state index in [1.165, 1.54) is 0 Å². The van der Waals surface area contributed by atoms with E-state index in [1.54, 1.807) is 0 Å². The zero-order valence-corrected chi connectivity index (χ0v) is 10.4. The van der Waals surface area contributed by atoms with E-state index >= 15 is 0 Å². The van der Waals surface area contributed by atoms with Crippen LogP contribution in [0.1, 0.15) is 32.1 Å². The molecule has 1 heterocycles. The lowest BCUT2D eigenvalue weighted by Crippen LogP contribution is -2.52. The average molecular weight is 274 g/mol. The van der Waals surface area contributed by atoms with E-state index in [4.69, 9.17) is 20.7 Å². The molecule has 0 amide bonds. The van der Waals surface area contributed by atoms with Gasteiger partial charge in [-0.1, -0.05) is 6.42 Å². The van der Waals surface area contributed by atoms with Crippen molar-refractivity contribution in [3.05, 3.63) is 0 Å². The second-order valence-corrected chi connectivity index (χ2v) is 4.47. The van der Waals surface area contributed by atoms with Crippen LogP contribution in [0.15, 0.2) is 0 Å². The Morgan fingerprint density at radius 3 is 2.58 bits per heavy atom. The first-order valence-corrected chi connectivity index (χ1v) is 6.06. The highest BCUT2D eigenvalue weighted by Gasteiger charge is 2.47. The summed E-state index contributed by atoms with van der Waals surface area (Å²) < 4.78 is 4.81. The molecule has 0 spiro atoms. The topological polar surface area (TPSA) is 139 Å². The van der Waals surface area contributed by atoms with E-state index in [2.05, 4.69) is 5.32 Å². The van der Waals surface area contributed by atoms with Crippen molar-refractivity contribution < 1.29 is 29.3 Å². The zero-order chi connectivity index (χ0) is 14.5.